The monoisotopic (exact) mass is 469 g/mol. The van der Waals surface area contributed by atoms with Crippen molar-refractivity contribution >= 4 is 11.9 Å². The minimum Gasteiger partial charge on any atom is -0.481 e. The van der Waals surface area contributed by atoms with Gasteiger partial charge in [0.15, 0.2) is 0 Å². The molecule has 1 aliphatic rings. The summed E-state index contributed by atoms with van der Waals surface area (Å²) in [6.45, 7) is -0.0535. The van der Waals surface area contributed by atoms with Gasteiger partial charge in [0.05, 0.1) is 17.9 Å². The van der Waals surface area contributed by atoms with Crippen LogP contribution in [0.15, 0.2) is 72.8 Å². The molecule has 3 N–H and O–H groups in total. The minimum absolute atomic E-state index is 0.0409. The Morgan fingerprint density at radius 2 is 1.53 bits per heavy atom. The maximum Gasteiger partial charge on any atom is 0.416 e. The maximum atomic E-state index is 13.2. The number of alkyl halides is 3. The van der Waals surface area contributed by atoms with Crippen LogP contribution in [-0.2, 0) is 20.5 Å². The Morgan fingerprint density at radius 3 is 2.09 bits per heavy atom. The lowest BCUT2D eigenvalue weighted by Crippen LogP contribution is -2.37. The molecule has 0 radical (unpaired) electrons. The van der Waals surface area contributed by atoms with E-state index in [1.165, 1.54) is 6.07 Å². The fraction of sp³-hybridized carbons (Fsp3) is 0.231. The lowest BCUT2D eigenvalue weighted by Gasteiger charge is -2.24. The van der Waals surface area contributed by atoms with E-state index >= 15 is 0 Å². The molecule has 5 nitrogen and oxygen atoms in total. The van der Waals surface area contributed by atoms with Gasteiger partial charge in [-0.1, -0.05) is 66.7 Å². The van der Waals surface area contributed by atoms with E-state index in [0.29, 0.717) is 0 Å². The maximum absolute atomic E-state index is 13.2. The number of ether oxygens (including phenoxy) is 1. The molecule has 2 atom stereocenters. The van der Waals surface area contributed by atoms with Crippen molar-refractivity contribution in [2.75, 3.05) is 6.61 Å². The van der Waals surface area contributed by atoms with Crippen LogP contribution in [0, 0.1) is 0 Å². The number of carbonyl (C=O) groups excluding carboxylic acids is 1. The molecule has 1 aliphatic carbocycles. The van der Waals surface area contributed by atoms with Crippen LogP contribution in [0.4, 0.5) is 13.2 Å². The summed E-state index contributed by atoms with van der Waals surface area (Å²) < 4.78 is 45.3. The zero-order valence-corrected chi connectivity index (χ0v) is 18.0. The fourth-order valence-corrected chi connectivity index (χ4v) is 4.48. The van der Waals surface area contributed by atoms with E-state index in [4.69, 9.17) is 15.6 Å². The second-order valence-corrected chi connectivity index (χ2v) is 8.22. The number of carboxylic acids is 1. The Morgan fingerprint density at radius 1 is 0.941 bits per heavy atom. The normalized spacial score (nSPS) is 14.7. The molecule has 0 fully saturated rings. The highest BCUT2D eigenvalue weighted by molar-refractivity contribution is 5.82. The van der Waals surface area contributed by atoms with Gasteiger partial charge in [-0.3, -0.25) is 9.59 Å². The predicted molar refractivity (Wildman–Crippen MR) is 119 cm³/mol. The van der Waals surface area contributed by atoms with Gasteiger partial charge >= 0.3 is 18.1 Å². The molecule has 0 saturated heterocycles. The predicted octanol–water partition coefficient (Wildman–Crippen LogP) is 4.95. The van der Waals surface area contributed by atoms with Crippen molar-refractivity contribution in [2.45, 2.75) is 30.5 Å². The molecule has 0 bridgehead atoms. The summed E-state index contributed by atoms with van der Waals surface area (Å²) in [5.74, 6) is -3.76. The number of rotatable bonds is 7. The summed E-state index contributed by atoms with van der Waals surface area (Å²) in [5.41, 5.74) is 8.99. The average Bonchev–Trinajstić information content (AvgIpc) is 3.11. The third-order valence-electron chi connectivity index (χ3n) is 6.02. The Hall–Kier alpha value is -3.65. The number of carbonyl (C=O) groups is 2. The zero-order chi connectivity index (χ0) is 24.5. The number of halogens is 3. The summed E-state index contributed by atoms with van der Waals surface area (Å²) in [6, 6.07) is 18.3. The van der Waals surface area contributed by atoms with Crippen LogP contribution in [0.25, 0.3) is 11.1 Å². The molecule has 3 aromatic rings. The standard InChI is InChI=1S/C26H22F3NO4/c27-26(28,29)16-7-5-6-15(12-16)24(22(30)13-23(31)32)25(33)34-14-21-19-10-3-1-8-17(19)18-9-2-4-11-20(18)21/h1-12,21-22,24H,13-14,30H2,(H,31,32)/t22-,24?/m1/s1. The van der Waals surface area contributed by atoms with Crippen molar-refractivity contribution in [1.82, 2.24) is 0 Å². The van der Waals surface area contributed by atoms with Crippen LogP contribution < -0.4 is 5.73 Å². The van der Waals surface area contributed by atoms with Crippen molar-refractivity contribution in [2.24, 2.45) is 5.73 Å². The van der Waals surface area contributed by atoms with Gasteiger partial charge in [0.25, 0.3) is 0 Å². The molecule has 3 aromatic carbocycles. The fourth-order valence-electron chi connectivity index (χ4n) is 4.48. The van der Waals surface area contributed by atoms with E-state index in [0.717, 1.165) is 40.5 Å². The van der Waals surface area contributed by atoms with E-state index in [2.05, 4.69) is 0 Å². The van der Waals surface area contributed by atoms with E-state index in [9.17, 15) is 22.8 Å². The average molecular weight is 469 g/mol. The van der Waals surface area contributed by atoms with Crippen molar-refractivity contribution in [3.05, 3.63) is 95.1 Å². The van der Waals surface area contributed by atoms with Crippen LogP contribution in [0.1, 0.15) is 40.5 Å². The van der Waals surface area contributed by atoms with E-state index < -0.39 is 42.1 Å². The highest BCUT2D eigenvalue weighted by Crippen LogP contribution is 2.44. The first-order valence-corrected chi connectivity index (χ1v) is 10.7. The van der Waals surface area contributed by atoms with Gasteiger partial charge in [-0.25, -0.2) is 0 Å². The zero-order valence-electron chi connectivity index (χ0n) is 18.0. The van der Waals surface area contributed by atoms with Crippen molar-refractivity contribution in [3.63, 3.8) is 0 Å². The van der Waals surface area contributed by atoms with Gasteiger partial charge in [-0.05, 0) is 33.9 Å². The summed E-state index contributed by atoms with van der Waals surface area (Å²) in [6.07, 6.45) is -5.23. The molecule has 34 heavy (non-hydrogen) atoms. The molecule has 0 saturated carbocycles. The third kappa shape index (κ3) is 4.68. The number of esters is 1. The number of fused-ring (bicyclic) bond motifs is 3. The molecule has 0 amide bonds. The first-order chi connectivity index (χ1) is 16.2. The van der Waals surface area contributed by atoms with Gasteiger partial charge in [-0.2, -0.15) is 13.2 Å². The van der Waals surface area contributed by atoms with E-state index in [1.807, 2.05) is 48.5 Å². The van der Waals surface area contributed by atoms with Crippen LogP contribution in [0.3, 0.4) is 0 Å². The summed E-state index contributed by atoms with van der Waals surface area (Å²) in [5, 5.41) is 9.15. The number of carboxylic acid groups (broad SMARTS) is 1. The first-order valence-electron chi connectivity index (χ1n) is 10.7. The Kier molecular flexibility index (Phi) is 6.43. The Bertz CT molecular complexity index is 1180. The largest absolute Gasteiger partial charge is 0.481 e. The molecule has 0 aliphatic heterocycles. The third-order valence-corrected chi connectivity index (χ3v) is 6.02. The quantitative estimate of drug-likeness (QED) is 0.478. The van der Waals surface area contributed by atoms with Crippen LogP contribution in [-0.4, -0.2) is 29.7 Å². The number of hydrogen-bond donors (Lipinski definition) is 2. The van der Waals surface area contributed by atoms with E-state index in [-0.39, 0.29) is 18.1 Å². The smallest absolute Gasteiger partial charge is 0.416 e. The SMILES string of the molecule is N[C@H](CC(=O)O)C(C(=O)OCC1c2ccccc2-c2ccccc21)c1cccc(C(F)(F)F)c1. The molecule has 0 spiro atoms. The van der Waals surface area contributed by atoms with Crippen LogP contribution in [0.5, 0.6) is 0 Å². The van der Waals surface area contributed by atoms with Gasteiger partial charge in [0.1, 0.15) is 6.61 Å². The van der Waals surface area contributed by atoms with Gasteiger partial charge in [0, 0.05) is 12.0 Å². The number of aliphatic carboxylic acids is 1. The Labute approximate surface area is 194 Å². The molecule has 0 heterocycles. The number of benzene rings is 3. The molecular formula is C26H22F3NO4. The van der Waals surface area contributed by atoms with Crippen molar-refractivity contribution in [1.29, 1.82) is 0 Å². The summed E-state index contributed by atoms with van der Waals surface area (Å²) in [7, 11) is 0. The molecule has 4 rings (SSSR count). The van der Waals surface area contributed by atoms with Crippen LogP contribution in [0.2, 0.25) is 0 Å². The molecule has 0 aromatic heterocycles. The Balaban J connectivity index is 1.62. The van der Waals surface area contributed by atoms with E-state index in [1.54, 1.807) is 0 Å². The highest BCUT2D eigenvalue weighted by Gasteiger charge is 2.36. The summed E-state index contributed by atoms with van der Waals surface area (Å²) in [4.78, 5) is 24.4. The minimum atomic E-state index is -4.63. The van der Waals surface area contributed by atoms with Gasteiger partial charge in [-0.15, -0.1) is 0 Å². The topological polar surface area (TPSA) is 89.6 Å². The molecule has 8 heteroatoms. The van der Waals surface area contributed by atoms with Crippen LogP contribution >= 0.6 is 0 Å². The van der Waals surface area contributed by atoms with Crippen molar-refractivity contribution < 1.29 is 32.6 Å². The second-order valence-electron chi connectivity index (χ2n) is 8.22. The first kappa shape index (κ1) is 23.5. The molecule has 176 valence electrons. The summed E-state index contributed by atoms with van der Waals surface area (Å²) >= 11 is 0. The lowest BCUT2D eigenvalue weighted by molar-refractivity contribution is -0.147. The lowest BCUT2D eigenvalue weighted by atomic mass is 9.89. The number of nitrogens with two attached hydrogens (primary N) is 1. The van der Waals surface area contributed by atoms with Gasteiger partial charge in [0.2, 0.25) is 0 Å². The number of hydrogen-bond acceptors (Lipinski definition) is 4. The highest BCUT2D eigenvalue weighted by atomic mass is 19.4. The molecule has 1 unspecified atom stereocenters. The molecular weight excluding hydrogens is 447 g/mol. The second kappa shape index (κ2) is 9.30. The van der Waals surface area contributed by atoms with Crippen molar-refractivity contribution in [3.8, 4) is 11.1 Å². The van der Waals surface area contributed by atoms with Gasteiger partial charge < -0.3 is 15.6 Å².